The second-order valence-corrected chi connectivity index (χ2v) is 13.4. The number of benzene rings is 4. The molecular formula is C42H30N12O6. The molecule has 0 fully saturated rings. The van der Waals surface area contributed by atoms with Crippen molar-refractivity contribution in [1.29, 1.82) is 0 Å². The van der Waals surface area contributed by atoms with Gasteiger partial charge in [-0.2, -0.15) is 29.9 Å². The van der Waals surface area contributed by atoms with Gasteiger partial charge in [0.05, 0.1) is 0 Å². The van der Waals surface area contributed by atoms with Crippen LogP contribution in [0.3, 0.4) is 0 Å². The number of hydrogen-bond donors (Lipinski definition) is 0. The molecule has 0 atom stereocenters. The van der Waals surface area contributed by atoms with Crippen LogP contribution in [0.2, 0.25) is 0 Å². The number of aryl methyl sites for hydroxylation is 3. The minimum absolute atomic E-state index is 0.275. The maximum atomic E-state index is 5.79. The Morgan fingerprint density at radius 3 is 0.783 bits per heavy atom. The second-order valence-electron chi connectivity index (χ2n) is 13.4. The minimum atomic E-state index is 0.275. The van der Waals surface area contributed by atoms with E-state index in [-0.39, 0.29) is 35.1 Å². The molecule has 0 saturated heterocycles. The van der Waals surface area contributed by atoms with Crippen LogP contribution in [-0.4, -0.2) is 60.8 Å². The van der Waals surface area contributed by atoms with Crippen LogP contribution in [0, 0.1) is 0 Å². The van der Waals surface area contributed by atoms with Crippen LogP contribution < -0.4 is 0 Å². The fourth-order valence-corrected chi connectivity index (χ4v) is 6.29. The molecule has 10 rings (SSSR count). The predicted octanol–water partition coefficient (Wildman–Crippen LogP) is 8.67. The second kappa shape index (κ2) is 15.2. The standard InChI is InChI=1S/C42H30N12O6/c1-4-31-43-37(55-49-31)22-10-7-13-25(16-22)40-46-34(52-58-40)28-19-29(35-47-41(59-53-35)26-14-8-11-23(17-26)38-44-32(5-2)50-56-38)21-30(20-28)36-48-42(60-54-36)27-15-9-12-24(18-27)39-45-33(6-3)51-57-39/h7-21H,4-6H2,1-3H3. The van der Waals surface area contributed by atoms with Crippen molar-refractivity contribution >= 4 is 0 Å². The average Bonchev–Trinajstić information content (AvgIpc) is 4.17. The van der Waals surface area contributed by atoms with Gasteiger partial charge in [0.1, 0.15) is 0 Å². The van der Waals surface area contributed by atoms with E-state index < -0.39 is 0 Å². The number of rotatable bonds is 12. The molecule has 294 valence electrons. The summed E-state index contributed by atoms with van der Waals surface area (Å²) in [5.74, 6) is 4.69. The molecule has 10 aromatic rings. The SMILES string of the molecule is CCc1noc(-c2cccc(-c3nc(-c4cc(-c5noc(-c6cccc(-c7nc(CC)no7)c6)n5)cc(-c5noc(-c6cccc(-c7nc(CC)no7)c6)n5)c4)no3)c2)n1. The van der Waals surface area contributed by atoms with Gasteiger partial charge in [-0.25, -0.2) is 0 Å². The van der Waals surface area contributed by atoms with Gasteiger partial charge in [-0.05, 0) is 72.8 Å². The molecule has 0 saturated carbocycles. The average molecular weight is 799 g/mol. The Labute approximate surface area is 338 Å². The van der Waals surface area contributed by atoms with E-state index >= 15 is 0 Å². The van der Waals surface area contributed by atoms with Crippen molar-refractivity contribution in [2.75, 3.05) is 0 Å². The molecule has 0 radical (unpaired) electrons. The van der Waals surface area contributed by atoms with Crippen LogP contribution in [0.5, 0.6) is 0 Å². The van der Waals surface area contributed by atoms with Crippen molar-refractivity contribution < 1.29 is 27.1 Å². The molecule has 0 amide bonds. The molecule has 18 heteroatoms. The van der Waals surface area contributed by atoms with Gasteiger partial charge in [-0.1, -0.05) is 69.9 Å². The third kappa shape index (κ3) is 7.01. The highest BCUT2D eigenvalue weighted by Crippen LogP contribution is 2.34. The first-order valence-corrected chi connectivity index (χ1v) is 19.0. The summed E-state index contributed by atoms with van der Waals surface area (Å²) in [5, 5.41) is 25.1. The van der Waals surface area contributed by atoms with Gasteiger partial charge < -0.3 is 27.1 Å². The topological polar surface area (TPSA) is 234 Å². The fraction of sp³-hybridized carbons (Fsp3) is 0.143. The normalized spacial score (nSPS) is 11.4. The van der Waals surface area contributed by atoms with E-state index in [1.54, 1.807) is 0 Å². The van der Waals surface area contributed by atoms with Gasteiger partial charge in [0.15, 0.2) is 17.5 Å². The monoisotopic (exact) mass is 798 g/mol. The van der Waals surface area contributed by atoms with Crippen LogP contribution in [0.15, 0.2) is 118 Å². The minimum Gasteiger partial charge on any atom is -0.334 e. The van der Waals surface area contributed by atoms with Crippen LogP contribution in [0.4, 0.5) is 0 Å². The summed E-state index contributed by atoms with van der Waals surface area (Å²) in [6.07, 6.45) is 1.95. The smallest absolute Gasteiger partial charge is 0.258 e. The third-order valence-electron chi connectivity index (χ3n) is 9.41. The molecule has 0 bridgehead atoms. The van der Waals surface area contributed by atoms with Crippen molar-refractivity contribution in [2.24, 2.45) is 0 Å². The van der Waals surface area contributed by atoms with E-state index in [4.69, 9.17) is 42.1 Å². The highest BCUT2D eigenvalue weighted by atomic mass is 16.5. The Bertz CT molecular complexity index is 2780. The van der Waals surface area contributed by atoms with Crippen molar-refractivity contribution in [3.8, 4) is 103 Å². The molecule has 0 N–H and O–H groups in total. The van der Waals surface area contributed by atoms with E-state index in [1.165, 1.54) is 0 Å². The summed E-state index contributed by atoms with van der Waals surface area (Å²) in [6, 6.07) is 27.8. The molecule has 18 nitrogen and oxygen atoms in total. The van der Waals surface area contributed by atoms with Crippen LogP contribution in [-0.2, 0) is 19.3 Å². The zero-order chi connectivity index (χ0) is 40.6. The number of aromatic nitrogens is 12. The zero-order valence-electron chi connectivity index (χ0n) is 32.1. The maximum Gasteiger partial charge on any atom is 0.258 e. The molecule has 6 aromatic heterocycles. The van der Waals surface area contributed by atoms with Crippen LogP contribution in [0.25, 0.3) is 103 Å². The van der Waals surface area contributed by atoms with Gasteiger partial charge in [0, 0.05) is 69.3 Å². The molecule has 60 heavy (non-hydrogen) atoms. The first-order chi connectivity index (χ1) is 29.5. The lowest BCUT2D eigenvalue weighted by molar-refractivity contribution is 0.423. The first kappa shape index (κ1) is 36.1. The molecule has 6 heterocycles. The van der Waals surface area contributed by atoms with E-state index in [1.807, 2.05) is 112 Å². The molecule has 0 unspecified atom stereocenters. The third-order valence-corrected chi connectivity index (χ3v) is 9.41. The molecule has 4 aromatic carbocycles. The Morgan fingerprint density at radius 2 is 0.533 bits per heavy atom. The Hall–Kier alpha value is -8.28. The highest BCUT2D eigenvalue weighted by molar-refractivity contribution is 5.77. The van der Waals surface area contributed by atoms with Crippen molar-refractivity contribution in [1.82, 2.24) is 60.8 Å². The predicted molar refractivity (Wildman–Crippen MR) is 211 cm³/mol. The summed E-state index contributed by atoms with van der Waals surface area (Å²) >= 11 is 0. The lowest BCUT2D eigenvalue weighted by Gasteiger charge is -2.03. The van der Waals surface area contributed by atoms with E-state index in [9.17, 15) is 0 Å². The van der Waals surface area contributed by atoms with E-state index in [0.29, 0.717) is 104 Å². The summed E-state index contributed by atoms with van der Waals surface area (Å²) in [7, 11) is 0. The van der Waals surface area contributed by atoms with Gasteiger partial charge in [0.25, 0.3) is 35.3 Å². The fourth-order valence-electron chi connectivity index (χ4n) is 6.29. The molecule has 0 aliphatic rings. The van der Waals surface area contributed by atoms with Crippen LogP contribution >= 0.6 is 0 Å². The summed E-state index contributed by atoms with van der Waals surface area (Å²) in [5.41, 5.74) is 5.80. The molecule has 0 aliphatic heterocycles. The highest BCUT2D eigenvalue weighted by Gasteiger charge is 2.21. The molecular weight excluding hydrogens is 769 g/mol. The van der Waals surface area contributed by atoms with Crippen molar-refractivity contribution in [3.63, 3.8) is 0 Å². The molecule has 0 aliphatic carbocycles. The first-order valence-electron chi connectivity index (χ1n) is 19.0. The quantitative estimate of drug-likeness (QED) is 0.112. The summed E-state index contributed by atoms with van der Waals surface area (Å²) < 4.78 is 33.7. The van der Waals surface area contributed by atoms with Gasteiger partial charge in [-0.3, -0.25) is 0 Å². The van der Waals surface area contributed by atoms with E-state index in [0.717, 1.165) is 0 Å². The lowest BCUT2D eigenvalue weighted by atomic mass is 10.0. The lowest BCUT2D eigenvalue weighted by Crippen LogP contribution is -1.90. The van der Waals surface area contributed by atoms with Crippen molar-refractivity contribution in [2.45, 2.75) is 40.0 Å². The van der Waals surface area contributed by atoms with E-state index in [2.05, 4.69) is 45.9 Å². The van der Waals surface area contributed by atoms with Crippen molar-refractivity contribution in [3.05, 3.63) is 108 Å². The zero-order valence-corrected chi connectivity index (χ0v) is 32.1. The molecule has 0 spiro atoms. The Kier molecular flexibility index (Phi) is 9.16. The summed E-state index contributed by atoms with van der Waals surface area (Å²) in [6.45, 7) is 5.87. The van der Waals surface area contributed by atoms with Gasteiger partial charge >= 0.3 is 0 Å². The summed E-state index contributed by atoms with van der Waals surface area (Å²) in [4.78, 5) is 27.6. The largest absolute Gasteiger partial charge is 0.334 e. The van der Waals surface area contributed by atoms with Gasteiger partial charge in [-0.15, -0.1) is 0 Å². The number of hydrogen-bond acceptors (Lipinski definition) is 18. The Morgan fingerprint density at radius 1 is 0.300 bits per heavy atom. The number of nitrogens with zero attached hydrogens (tertiary/aromatic N) is 12. The Balaban J connectivity index is 1.02. The van der Waals surface area contributed by atoms with Crippen LogP contribution in [0.1, 0.15) is 38.2 Å². The maximum absolute atomic E-state index is 5.79. The van der Waals surface area contributed by atoms with Gasteiger partial charge in [0.2, 0.25) is 17.5 Å².